The van der Waals surface area contributed by atoms with Crippen molar-refractivity contribution < 1.29 is 27.4 Å². The number of carbonyl (C=O) groups is 1. The molecular weight excluding hydrogens is 541 g/mol. The van der Waals surface area contributed by atoms with Crippen molar-refractivity contribution in [3.8, 4) is 16.9 Å². The van der Waals surface area contributed by atoms with Gasteiger partial charge in [0.2, 0.25) is 0 Å². The molecule has 4 rings (SSSR count). The minimum atomic E-state index is -4.45. The maximum Gasteiger partial charge on any atom is 0.416 e. The average molecular weight is 571 g/mol. The van der Waals surface area contributed by atoms with Crippen LogP contribution < -0.4 is 10.1 Å². The second-order valence-electron chi connectivity index (χ2n) is 10.5. The molecule has 1 heterocycles. The number of nitrogens with zero attached hydrogens (tertiary/aromatic N) is 1. The van der Waals surface area contributed by atoms with Gasteiger partial charge in [-0.15, -0.1) is 0 Å². The molecule has 0 bridgehead atoms. The Hall–Kier alpha value is -3.62. The van der Waals surface area contributed by atoms with Gasteiger partial charge in [0.15, 0.2) is 0 Å². The van der Waals surface area contributed by atoms with Gasteiger partial charge < -0.3 is 14.8 Å². The molecule has 1 aromatic heterocycles. The summed E-state index contributed by atoms with van der Waals surface area (Å²) < 4.78 is 50.7. The van der Waals surface area contributed by atoms with E-state index in [9.17, 15) is 18.0 Å². The van der Waals surface area contributed by atoms with E-state index < -0.39 is 17.6 Å². The smallest absolute Gasteiger partial charge is 0.416 e. The van der Waals surface area contributed by atoms with E-state index in [0.29, 0.717) is 28.5 Å². The first-order valence-corrected chi connectivity index (χ1v) is 13.1. The predicted molar refractivity (Wildman–Crippen MR) is 151 cm³/mol. The van der Waals surface area contributed by atoms with Gasteiger partial charge in [-0.1, -0.05) is 41.9 Å². The highest BCUT2D eigenvalue weighted by Gasteiger charge is 2.30. The van der Waals surface area contributed by atoms with Crippen molar-refractivity contribution >= 4 is 28.4 Å². The Labute approximate surface area is 236 Å². The summed E-state index contributed by atoms with van der Waals surface area (Å²) in [7, 11) is 1.56. The molecule has 210 valence electrons. The number of methoxy groups -OCH3 is 1. The maximum atomic E-state index is 13.2. The quantitative estimate of drug-likeness (QED) is 0.235. The largest absolute Gasteiger partial charge is 0.488 e. The molecule has 0 saturated heterocycles. The van der Waals surface area contributed by atoms with Crippen molar-refractivity contribution in [2.75, 3.05) is 13.7 Å². The summed E-state index contributed by atoms with van der Waals surface area (Å²) in [6.45, 7) is 6.22. The highest BCUT2D eigenvalue weighted by Crippen LogP contribution is 2.34. The number of nitrogens with one attached hydrogen (secondary N) is 1. The van der Waals surface area contributed by atoms with E-state index in [-0.39, 0.29) is 29.0 Å². The number of amides is 1. The summed E-state index contributed by atoms with van der Waals surface area (Å²) in [6, 6.07) is 18.8. The van der Waals surface area contributed by atoms with Crippen LogP contribution in [-0.2, 0) is 17.3 Å². The van der Waals surface area contributed by atoms with Gasteiger partial charge in [0.05, 0.1) is 28.8 Å². The van der Waals surface area contributed by atoms with E-state index in [1.165, 1.54) is 12.1 Å². The van der Waals surface area contributed by atoms with Crippen LogP contribution in [0.4, 0.5) is 13.2 Å². The second kappa shape index (κ2) is 11.9. The number of fused-ring (bicyclic) bond motifs is 1. The number of hydrogen-bond acceptors (Lipinski definition) is 4. The summed E-state index contributed by atoms with van der Waals surface area (Å²) in [5, 5.41) is 3.75. The van der Waals surface area contributed by atoms with E-state index in [4.69, 9.17) is 21.1 Å². The number of ether oxygens (including phenoxy) is 2. The number of alkyl halides is 3. The fourth-order valence-electron chi connectivity index (χ4n) is 4.30. The first-order valence-electron chi connectivity index (χ1n) is 12.7. The monoisotopic (exact) mass is 570 g/mol. The zero-order valence-electron chi connectivity index (χ0n) is 22.6. The minimum absolute atomic E-state index is 0.124. The zero-order chi connectivity index (χ0) is 29.1. The van der Waals surface area contributed by atoms with Crippen LogP contribution >= 0.6 is 11.6 Å². The lowest BCUT2D eigenvalue weighted by atomic mass is 10.0. The van der Waals surface area contributed by atoms with Gasteiger partial charge in [-0.05, 0) is 86.3 Å². The SMILES string of the molecule is COCC(Cc1ccc(OC(C)(C)C)cc1)NC(=O)c1cc(Cl)c2cc(-c3cccc(C(F)(F)F)c3)ccc2n1. The van der Waals surface area contributed by atoms with Gasteiger partial charge in [0.1, 0.15) is 17.0 Å². The summed E-state index contributed by atoms with van der Waals surface area (Å²) in [6.07, 6.45) is -3.92. The number of rotatable bonds is 8. The topological polar surface area (TPSA) is 60.5 Å². The first kappa shape index (κ1) is 29.4. The van der Waals surface area contributed by atoms with E-state index in [1.807, 2.05) is 45.0 Å². The summed E-state index contributed by atoms with van der Waals surface area (Å²) in [5.41, 5.74) is 1.48. The van der Waals surface area contributed by atoms with E-state index in [2.05, 4.69) is 10.3 Å². The molecule has 0 aliphatic rings. The molecule has 1 N–H and O–H groups in total. The Balaban J connectivity index is 1.52. The van der Waals surface area contributed by atoms with Gasteiger partial charge in [0.25, 0.3) is 5.91 Å². The molecule has 0 radical (unpaired) electrons. The highest BCUT2D eigenvalue weighted by atomic mass is 35.5. The molecule has 0 saturated carbocycles. The van der Waals surface area contributed by atoms with Gasteiger partial charge in [0, 0.05) is 12.5 Å². The predicted octanol–water partition coefficient (Wildman–Crippen LogP) is 7.74. The molecule has 0 aliphatic carbocycles. The summed E-state index contributed by atoms with van der Waals surface area (Å²) >= 11 is 6.52. The van der Waals surface area contributed by atoms with Crippen LogP contribution in [0.25, 0.3) is 22.0 Å². The molecule has 0 aliphatic heterocycles. The third-order valence-electron chi connectivity index (χ3n) is 6.05. The number of benzene rings is 3. The van der Waals surface area contributed by atoms with Crippen molar-refractivity contribution in [3.63, 3.8) is 0 Å². The molecule has 3 aromatic carbocycles. The third-order valence-corrected chi connectivity index (χ3v) is 6.36. The lowest BCUT2D eigenvalue weighted by molar-refractivity contribution is -0.137. The maximum absolute atomic E-state index is 13.2. The van der Waals surface area contributed by atoms with Crippen molar-refractivity contribution in [2.45, 2.75) is 45.0 Å². The molecule has 0 spiro atoms. The van der Waals surface area contributed by atoms with Gasteiger partial charge in [-0.25, -0.2) is 4.98 Å². The standard InChI is InChI=1S/C31H30ClF3N2O3/c1-30(2,3)40-24-11-8-19(9-12-24)14-23(18-39-4)36-29(38)28-17-26(32)25-16-21(10-13-27(25)37-28)20-6-5-7-22(15-20)31(33,34)35/h5-13,15-17,23H,14,18H2,1-4H3,(H,36,38). The second-order valence-corrected chi connectivity index (χ2v) is 10.9. The van der Waals surface area contributed by atoms with E-state index in [0.717, 1.165) is 23.4 Å². The van der Waals surface area contributed by atoms with Crippen LogP contribution in [0.1, 0.15) is 42.4 Å². The molecule has 4 aromatic rings. The molecule has 1 amide bonds. The summed E-state index contributed by atoms with van der Waals surface area (Å²) in [4.78, 5) is 17.6. The minimum Gasteiger partial charge on any atom is -0.488 e. The van der Waals surface area contributed by atoms with Crippen LogP contribution in [0.3, 0.4) is 0 Å². The normalized spacial score (nSPS) is 12.8. The number of hydrogen-bond donors (Lipinski definition) is 1. The Morgan fingerprint density at radius 1 is 0.975 bits per heavy atom. The van der Waals surface area contributed by atoms with Gasteiger partial charge in [-0.2, -0.15) is 13.2 Å². The molecule has 9 heteroatoms. The number of aromatic nitrogens is 1. The molecular formula is C31H30ClF3N2O3. The fraction of sp³-hybridized carbons (Fsp3) is 0.290. The van der Waals surface area contributed by atoms with Crippen LogP contribution in [-0.4, -0.2) is 36.3 Å². The van der Waals surface area contributed by atoms with Crippen LogP contribution in [0, 0.1) is 0 Å². The molecule has 1 atom stereocenters. The Morgan fingerprint density at radius 3 is 2.33 bits per heavy atom. The zero-order valence-corrected chi connectivity index (χ0v) is 23.4. The molecule has 1 unspecified atom stereocenters. The first-order chi connectivity index (χ1) is 18.8. The highest BCUT2D eigenvalue weighted by molar-refractivity contribution is 6.35. The number of carbonyl (C=O) groups excluding carboxylic acids is 1. The average Bonchev–Trinajstić information content (AvgIpc) is 2.88. The van der Waals surface area contributed by atoms with Crippen LogP contribution in [0.2, 0.25) is 5.02 Å². The van der Waals surface area contributed by atoms with Crippen molar-refractivity contribution in [1.29, 1.82) is 0 Å². The van der Waals surface area contributed by atoms with Crippen molar-refractivity contribution in [2.24, 2.45) is 0 Å². The van der Waals surface area contributed by atoms with E-state index >= 15 is 0 Å². The van der Waals surface area contributed by atoms with Gasteiger partial charge in [-0.3, -0.25) is 4.79 Å². The van der Waals surface area contributed by atoms with Crippen molar-refractivity contribution in [3.05, 3.63) is 94.6 Å². The molecule has 5 nitrogen and oxygen atoms in total. The number of halogens is 4. The van der Waals surface area contributed by atoms with Crippen LogP contribution in [0.5, 0.6) is 5.75 Å². The summed E-state index contributed by atoms with van der Waals surface area (Å²) in [5.74, 6) is 0.343. The molecule has 40 heavy (non-hydrogen) atoms. The molecule has 0 fully saturated rings. The Morgan fingerprint density at radius 2 is 1.68 bits per heavy atom. The Kier molecular flexibility index (Phi) is 8.71. The third kappa shape index (κ3) is 7.52. The Bertz CT molecular complexity index is 1500. The fourth-order valence-corrected chi connectivity index (χ4v) is 4.55. The van der Waals surface area contributed by atoms with E-state index in [1.54, 1.807) is 31.4 Å². The lowest BCUT2D eigenvalue weighted by Gasteiger charge is -2.22. The van der Waals surface area contributed by atoms with Gasteiger partial charge >= 0.3 is 6.18 Å². The number of pyridine rings is 1. The lowest BCUT2D eigenvalue weighted by Crippen LogP contribution is -2.40. The van der Waals surface area contributed by atoms with Crippen molar-refractivity contribution in [1.82, 2.24) is 10.3 Å². The van der Waals surface area contributed by atoms with Crippen LogP contribution in [0.15, 0.2) is 72.8 Å².